The molecule has 2 rings (SSSR count). The van der Waals surface area contributed by atoms with Crippen LogP contribution in [0.2, 0.25) is 0 Å². The van der Waals surface area contributed by atoms with Crippen molar-refractivity contribution in [2.24, 2.45) is 5.73 Å². The van der Waals surface area contributed by atoms with Gasteiger partial charge in [0.1, 0.15) is 10.8 Å². The molecule has 0 unspecified atom stereocenters. The second kappa shape index (κ2) is 5.46. The standard InChI is InChI=1S/C13H12BrN3S/c1-8-6-10(2-3-11(8)14)17-12-7-9(13(15)18)4-5-16-12/h2-7H,1H3,(H2,15,18)(H,16,17). The van der Waals surface area contributed by atoms with Crippen molar-refractivity contribution in [1.82, 2.24) is 4.98 Å². The third-order valence-electron chi connectivity index (χ3n) is 2.47. The molecule has 0 radical (unpaired) electrons. The maximum Gasteiger partial charge on any atom is 0.130 e. The number of rotatable bonds is 3. The summed E-state index contributed by atoms with van der Waals surface area (Å²) in [6.45, 7) is 2.04. The fourth-order valence-corrected chi connectivity index (χ4v) is 1.90. The number of nitrogens with two attached hydrogens (primary N) is 1. The average molecular weight is 322 g/mol. The van der Waals surface area contributed by atoms with E-state index in [1.807, 2.05) is 31.2 Å². The van der Waals surface area contributed by atoms with Crippen molar-refractivity contribution < 1.29 is 0 Å². The summed E-state index contributed by atoms with van der Waals surface area (Å²) in [6, 6.07) is 9.64. The number of aromatic nitrogens is 1. The minimum atomic E-state index is 0.368. The molecule has 3 N–H and O–H groups in total. The summed E-state index contributed by atoms with van der Waals surface area (Å²) in [5.74, 6) is 0.724. The van der Waals surface area contributed by atoms with Crippen LogP contribution >= 0.6 is 28.1 Å². The lowest BCUT2D eigenvalue weighted by Gasteiger charge is -2.08. The SMILES string of the molecule is Cc1cc(Nc2cc(C(N)=S)ccn2)ccc1Br. The Bertz CT molecular complexity index is 599. The van der Waals surface area contributed by atoms with Crippen molar-refractivity contribution in [3.05, 3.63) is 52.1 Å². The zero-order valence-corrected chi connectivity index (χ0v) is 12.2. The lowest BCUT2D eigenvalue weighted by atomic mass is 10.2. The van der Waals surface area contributed by atoms with Crippen LogP contribution < -0.4 is 11.1 Å². The Morgan fingerprint density at radius 2 is 2.11 bits per heavy atom. The molecular weight excluding hydrogens is 310 g/mol. The average Bonchev–Trinajstić information content (AvgIpc) is 2.34. The monoisotopic (exact) mass is 321 g/mol. The molecule has 0 aliphatic heterocycles. The maximum atomic E-state index is 5.59. The first kappa shape index (κ1) is 13.0. The number of hydrogen-bond donors (Lipinski definition) is 2. The van der Waals surface area contributed by atoms with Gasteiger partial charge in [-0.25, -0.2) is 4.98 Å². The van der Waals surface area contributed by atoms with Crippen LogP contribution in [0.3, 0.4) is 0 Å². The van der Waals surface area contributed by atoms with E-state index in [1.54, 1.807) is 12.3 Å². The van der Waals surface area contributed by atoms with E-state index in [0.29, 0.717) is 4.99 Å². The Kier molecular flexibility index (Phi) is 3.93. The zero-order valence-electron chi connectivity index (χ0n) is 9.77. The first-order valence-electron chi connectivity index (χ1n) is 5.35. The Balaban J connectivity index is 2.25. The number of nitrogens with one attached hydrogen (secondary N) is 1. The predicted octanol–water partition coefficient (Wildman–Crippen LogP) is 3.53. The van der Waals surface area contributed by atoms with Crippen LogP contribution in [0.25, 0.3) is 0 Å². The lowest BCUT2D eigenvalue weighted by Crippen LogP contribution is -2.09. The molecule has 0 atom stereocenters. The number of aryl methyl sites for hydroxylation is 1. The Labute approximate surface area is 120 Å². The highest BCUT2D eigenvalue weighted by Gasteiger charge is 2.01. The second-order valence-corrected chi connectivity index (χ2v) is 5.18. The number of halogens is 1. The molecule has 1 aromatic carbocycles. The van der Waals surface area contributed by atoms with Gasteiger partial charge in [-0.1, -0.05) is 28.1 Å². The highest BCUT2D eigenvalue weighted by molar-refractivity contribution is 9.10. The van der Waals surface area contributed by atoms with Gasteiger partial charge in [-0.05, 0) is 42.8 Å². The molecule has 0 bridgehead atoms. The van der Waals surface area contributed by atoms with E-state index in [1.165, 1.54) is 0 Å². The molecule has 5 heteroatoms. The van der Waals surface area contributed by atoms with Gasteiger partial charge in [0, 0.05) is 21.9 Å². The molecular formula is C13H12BrN3S. The zero-order chi connectivity index (χ0) is 13.1. The van der Waals surface area contributed by atoms with Crippen LogP contribution in [0.4, 0.5) is 11.5 Å². The Morgan fingerprint density at radius 1 is 1.33 bits per heavy atom. The number of nitrogens with zero attached hydrogens (tertiary/aromatic N) is 1. The van der Waals surface area contributed by atoms with Gasteiger partial charge in [-0.3, -0.25) is 0 Å². The van der Waals surface area contributed by atoms with Gasteiger partial charge in [0.05, 0.1) is 0 Å². The van der Waals surface area contributed by atoms with Crippen molar-refractivity contribution in [1.29, 1.82) is 0 Å². The maximum absolute atomic E-state index is 5.59. The molecule has 1 heterocycles. The summed E-state index contributed by atoms with van der Waals surface area (Å²) in [4.78, 5) is 4.60. The van der Waals surface area contributed by atoms with Gasteiger partial charge < -0.3 is 11.1 Å². The van der Waals surface area contributed by atoms with Gasteiger partial charge in [-0.15, -0.1) is 0 Å². The van der Waals surface area contributed by atoms with Crippen molar-refractivity contribution in [2.45, 2.75) is 6.92 Å². The van der Waals surface area contributed by atoms with Gasteiger partial charge in [0.15, 0.2) is 0 Å². The van der Waals surface area contributed by atoms with Crippen LogP contribution in [0, 0.1) is 6.92 Å². The number of anilines is 2. The van der Waals surface area contributed by atoms with Gasteiger partial charge in [0.25, 0.3) is 0 Å². The van der Waals surface area contributed by atoms with E-state index in [4.69, 9.17) is 18.0 Å². The minimum Gasteiger partial charge on any atom is -0.389 e. The molecule has 0 amide bonds. The van der Waals surface area contributed by atoms with Gasteiger partial charge in [0.2, 0.25) is 0 Å². The molecule has 92 valence electrons. The van der Waals surface area contributed by atoms with Crippen LogP contribution in [0.5, 0.6) is 0 Å². The Hall–Kier alpha value is -1.46. The first-order chi connectivity index (χ1) is 8.56. The van der Waals surface area contributed by atoms with Crippen molar-refractivity contribution in [3.63, 3.8) is 0 Å². The smallest absolute Gasteiger partial charge is 0.130 e. The summed E-state index contributed by atoms with van der Waals surface area (Å²) in [5, 5.41) is 3.22. The molecule has 0 saturated carbocycles. The summed E-state index contributed by atoms with van der Waals surface area (Å²) >= 11 is 8.41. The van der Waals surface area contributed by atoms with E-state index in [0.717, 1.165) is 27.1 Å². The fourth-order valence-electron chi connectivity index (χ4n) is 1.52. The van der Waals surface area contributed by atoms with Crippen LogP contribution in [-0.4, -0.2) is 9.97 Å². The molecule has 2 aromatic rings. The highest BCUT2D eigenvalue weighted by atomic mass is 79.9. The highest BCUT2D eigenvalue weighted by Crippen LogP contribution is 2.22. The molecule has 3 nitrogen and oxygen atoms in total. The number of thiocarbonyl (C=S) groups is 1. The molecule has 0 spiro atoms. The van der Waals surface area contributed by atoms with Gasteiger partial charge >= 0.3 is 0 Å². The lowest BCUT2D eigenvalue weighted by molar-refractivity contribution is 1.29. The molecule has 18 heavy (non-hydrogen) atoms. The van der Waals surface area contributed by atoms with E-state index >= 15 is 0 Å². The van der Waals surface area contributed by atoms with Crippen LogP contribution in [-0.2, 0) is 0 Å². The van der Waals surface area contributed by atoms with Crippen LogP contribution in [0.1, 0.15) is 11.1 Å². The molecule has 0 fully saturated rings. The van der Waals surface area contributed by atoms with Crippen molar-refractivity contribution >= 4 is 44.6 Å². The molecule has 0 aliphatic carbocycles. The summed E-state index contributed by atoms with van der Waals surface area (Å²) in [7, 11) is 0. The predicted molar refractivity (Wildman–Crippen MR) is 82.3 cm³/mol. The summed E-state index contributed by atoms with van der Waals surface area (Å²) in [5.41, 5.74) is 8.52. The third kappa shape index (κ3) is 3.05. The quantitative estimate of drug-likeness (QED) is 0.849. The first-order valence-corrected chi connectivity index (χ1v) is 6.55. The van der Waals surface area contributed by atoms with Crippen molar-refractivity contribution in [3.8, 4) is 0 Å². The van der Waals surface area contributed by atoms with Crippen LogP contribution in [0.15, 0.2) is 41.0 Å². The third-order valence-corrected chi connectivity index (χ3v) is 3.60. The second-order valence-electron chi connectivity index (χ2n) is 3.88. The molecule has 1 aromatic heterocycles. The van der Waals surface area contributed by atoms with E-state index < -0.39 is 0 Å². The summed E-state index contributed by atoms with van der Waals surface area (Å²) in [6.07, 6.45) is 1.68. The van der Waals surface area contributed by atoms with E-state index in [2.05, 4.69) is 26.2 Å². The van der Waals surface area contributed by atoms with E-state index in [-0.39, 0.29) is 0 Å². The number of hydrogen-bond acceptors (Lipinski definition) is 3. The van der Waals surface area contributed by atoms with Gasteiger partial charge in [-0.2, -0.15) is 0 Å². The van der Waals surface area contributed by atoms with Crippen molar-refractivity contribution in [2.75, 3.05) is 5.32 Å². The normalized spacial score (nSPS) is 10.1. The molecule has 0 aliphatic rings. The fraction of sp³-hybridized carbons (Fsp3) is 0.0769. The van der Waals surface area contributed by atoms with E-state index in [9.17, 15) is 0 Å². The number of pyridine rings is 1. The molecule has 0 saturated heterocycles. The Morgan fingerprint density at radius 3 is 2.78 bits per heavy atom. The number of benzene rings is 1. The topological polar surface area (TPSA) is 50.9 Å². The minimum absolute atomic E-state index is 0.368. The largest absolute Gasteiger partial charge is 0.389 e. The summed E-state index contributed by atoms with van der Waals surface area (Å²) < 4.78 is 1.08.